The molecule has 2 rings (SSSR count). The predicted molar refractivity (Wildman–Crippen MR) is 82.0 cm³/mol. The number of ether oxygens (including phenoxy) is 2. The molecule has 0 bridgehead atoms. The van der Waals surface area contributed by atoms with Crippen LogP contribution in [0.4, 0.5) is 0 Å². The van der Waals surface area contributed by atoms with Crippen molar-refractivity contribution in [2.24, 2.45) is 0 Å². The van der Waals surface area contributed by atoms with E-state index in [-0.39, 0.29) is 5.97 Å². The van der Waals surface area contributed by atoms with Crippen LogP contribution in [0.5, 0.6) is 0 Å². The third-order valence-electron chi connectivity index (χ3n) is 4.09. The number of methoxy groups -OCH3 is 1. The lowest BCUT2D eigenvalue weighted by atomic mass is 9.86. The van der Waals surface area contributed by atoms with E-state index < -0.39 is 11.2 Å². The summed E-state index contributed by atoms with van der Waals surface area (Å²) >= 11 is 0. The first-order chi connectivity index (χ1) is 9.83. The fourth-order valence-corrected chi connectivity index (χ4v) is 3.15. The Kier molecular flexibility index (Phi) is 4.40. The monoisotopic (exact) mass is 291 g/mol. The van der Waals surface area contributed by atoms with Crippen LogP contribution in [0.1, 0.15) is 37.8 Å². The maximum Gasteiger partial charge on any atom is 0.342 e. The topological polar surface area (TPSA) is 38.8 Å². The molecule has 1 aliphatic rings. The lowest BCUT2D eigenvalue weighted by Crippen LogP contribution is -2.39. The third kappa shape index (κ3) is 2.83. The maximum atomic E-state index is 12.5. The molecule has 0 N–H and O–H groups in total. The molecule has 1 aliphatic heterocycles. The molecular formula is C17H25NO3. The Morgan fingerprint density at radius 2 is 1.86 bits per heavy atom. The zero-order valence-corrected chi connectivity index (χ0v) is 13.6. The van der Waals surface area contributed by atoms with Crippen molar-refractivity contribution in [1.82, 2.24) is 4.90 Å². The first-order valence-electron chi connectivity index (χ1n) is 7.37. The average molecular weight is 291 g/mol. The van der Waals surface area contributed by atoms with Gasteiger partial charge in [-0.15, -0.1) is 0 Å². The van der Waals surface area contributed by atoms with Gasteiger partial charge in [-0.05, 0) is 52.9 Å². The molecule has 4 heteroatoms. The molecule has 116 valence electrons. The van der Waals surface area contributed by atoms with Gasteiger partial charge in [0.1, 0.15) is 0 Å². The maximum absolute atomic E-state index is 12.5. The van der Waals surface area contributed by atoms with Gasteiger partial charge in [0.15, 0.2) is 5.60 Å². The van der Waals surface area contributed by atoms with E-state index in [1.807, 2.05) is 52.2 Å². The number of carbonyl (C=O) groups excluding carboxylic acids is 1. The van der Waals surface area contributed by atoms with E-state index in [0.29, 0.717) is 6.42 Å². The van der Waals surface area contributed by atoms with Crippen LogP contribution < -0.4 is 0 Å². The minimum absolute atomic E-state index is 0.306. The third-order valence-corrected chi connectivity index (χ3v) is 4.09. The van der Waals surface area contributed by atoms with Gasteiger partial charge in [-0.3, -0.25) is 0 Å². The number of benzene rings is 1. The number of nitrogens with zero attached hydrogens (tertiary/aromatic N) is 1. The van der Waals surface area contributed by atoms with Gasteiger partial charge in [0.25, 0.3) is 0 Å². The Balaban J connectivity index is 2.40. The van der Waals surface area contributed by atoms with E-state index in [1.165, 1.54) is 7.11 Å². The quantitative estimate of drug-likeness (QED) is 0.782. The Morgan fingerprint density at radius 1 is 1.24 bits per heavy atom. The van der Waals surface area contributed by atoms with Crippen molar-refractivity contribution in [3.63, 3.8) is 0 Å². The number of hydrogen-bond acceptors (Lipinski definition) is 4. The normalized spacial score (nSPS) is 23.1. The molecule has 0 spiro atoms. The van der Waals surface area contributed by atoms with Gasteiger partial charge in [-0.2, -0.15) is 0 Å². The Bertz CT molecular complexity index is 525. The van der Waals surface area contributed by atoms with Gasteiger partial charge in [-0.1, -0.05) is 24.3 Å². The molecule has 0 amide bonds. The lowest BCUT2D eigenvalue weighted by Gasteiger charge is -2.30. The average Bonchev–Trinajstić information content (AvgIpc) is 2.67. The van der Waals surface area contributed by atoms with E-state index in [1.54, 1.807) is 0 Å². The van der Waals surface area contributed by atoms with E-state index in [0.717, 1.165) is 24.1 Å². The summed E-state index contributed by atoms with van der Waals surface area (Å²) in [6, 6.07) is 7.95. The van der Waals surface area contributed by atoms with Crippen LogP contribution in [0.15, 0.2) is 24.3 Å². The van der Waals surface area contributed by atoms with Gasteiger partial charge in [0, 0.05) is 5.56 Å². The molecule has 1 aromatic rings. The van der Waals surface area contributed by atoms with Crippen LogP contribution in [0.25, 0.3) is 0 Å². The van der Waals surface area contributed by atoms with Crippen molar-refractivity contribution in [2.45, 2.75) is 37.9 Å². The Morgan fingerprint density at radius 3 is 2.43 bits per heavy atom. The van der Waals surface area contributed by atoms with E-state index in [2.05, 4.69) is 4.90 Å². The summed E-state index contributed by atoms with van der Waals surface area (Å²) in [4.78, 5) is 14.6. The number of esters is 1. The largest absolute Gasteiger partial charge is 0.467 e. The summed E-state index contributed by atoms with van der Waals surface area (Å²) in [7, 11) is 5.48. The number of carbonyl (C=O) groups is 1. The summed E-state index contributed by atoms with van der Waals surface area (Å²) < 4.78 is 11.3. The van der Waals surface area contributed by atoms with Crippen LogP contribution in [-0.4, -0.2) is 38.6 Å². The highest BCUT2D eigenvalue weighted by Crippen LogP contribution is 2.49. The molecule has 1 unspecified atom stereocenters. The van der Waals surface area contributed by atoms with Crippen molar-refractivity contribution in [2.75, 3.05) is 27.7 Å². The van der Waals surface area contributed by atoms with E-state index in [4.69, 9.17) is 9.47 Å². The highest BCUT2D eigenvalue weighted by molar-refractivity contribution is 5.83. The second kappa shape index (κ2) is 5.78. The van der Waals surface area contributed by atoms with Crippen LogP contribution in [-0.2, 0) is 25.5 Å². The molecule has 0 fully saturated rings. The molecule has 21 heavy (non-hydrogen) atoms. The Hall–Kier alpha value is -1.39. The first-order valence-corrected chi connectivity index (χ1v) is 7.37. The molecule has 0 radical (unpaired) electrons. The number of fused-ring (bicyclic) bond motifs is 1. The highest BCUT2D eigenvalue weighted by Gasteiger charge is 2.54. The van der Waals surface area contributed by atoms with Gasteiger partial charge >= 0.3 is 5.97 Å². The van der Waals surface area contributed by atoms with Gasteiger partial charge in [0.05, 0.1) is 12.7 Å². The van der Waals surface area contributed by atoms with Crippen LogP contribution >= 0.6 is 0 Å². The smallest absolute Gasteiger partial charge is 0.342 e. The minimum atomic E-state index is -0.981. The number of rotatable bonds is 5. The van der Waals surface area contributed by atoms with Crippen LogP contribution in [0.3, 0.4) is 0 Å². The van der Waals surface area contributed by atoms with Crippen molar-refractivity contribution in [3.8, 4) is 0 Å². The van der Waals surface area contributed by atoms with E-state index in [9.17, 15) is 4.79 Å². The van der Waals surface area contributed by atoms with Crippen LogP contribution in [0, 0.1) is 0 Å². The summed E-state index contributed by atoms with van der Waals surface area (Å²) in [6.45, 7) is 4.91. The molecule has 4 nitrogen and oxygen atoms in total. The standard InChI is InChI=1S/C17H25NO3/c1-16(2)13-9-6-7-10-14(13)17(21-16,15(19)20-5)11-8-12-18(3)4/h6-7,9-10H,8,11-12H2,1-5H3. The summed E-state index contributed by atoms with van der Waals surface area (Å²) in [6.07, 6.45) is 1.49. The fourth-order valence-electron chi connectivity index (χ4n) is 3.15. The van der Waals surface area contributed by atoms with Gasteiger partial charge < -0.3 is 14.4 Å². The zero-order chi connectivity index (χ0) is 15.7. The van der Waals surface area contributed by atoms with Crippen molar-refractivity contribution in [1.29, 1.82) is 0 Å². The molecule has 0 saturated carbocycles. The highest BCUT2D eigenvalue weighted by atomic mass is 16.6. The summed E-state index contributed by atoms with van der Waals surface area (Å²) in [5.41, 5.74) is 0.550. The summed E-state index contributed by atoms with van der Waals surface area (Å²) in [5.74, 6) is -0.306. The predicted octanol–water partition coefficient (Wildman–Crippen LogP) is 2.66. The molecule has 0 aromatic heterocycles. The molecule has 1 heterocycles. The molecule has 1 aromatic carbocycles. The van der Waals surface area contributed by atoms with Crippen molar-refractivity contribution >= 4 is 5.97 Å². The second-order valence-corrected chi connectivity index (χ2v) is 6.38. The van der Waals surface area contributed by atoms with Gasteiger partial charge in [-0.25, -0.2) is 4.79 Å². The first kappa shape index (κ1) is 16.0. The fraction of sp³-hybridized carbons (Fsp3) is 0.588. The minimum Gasteiger partial charge on any atom is -0.467 e. The molecule has 0 saturated heterocycles. The second-order valence-electron chi connectivity index (χ2n) is 6.38. The molecular weight excluding hydrogens is 266 g/mol. The molecule has 0 aliphatic carbocycles. The number of hydrogen-bond donors (Lipinski definition) is 0. The summed E-state index contributed by atoms with van der Waals surface area (Å²) in [5, 5.41) is 0. The zero-order valence-electron chi connectivity index (χ0n) is 13.6. The van der Waals surface area contributed by atoms with E-state index >= 15 is 0 Å². The van der Waals surface area contributed by atoms with Gasteiger partial charge in [0.2, 0.25) is 0 Å². The van der Waals surface area contributed by atoms with Crippen LogP contribution in [0.2, 0.25) is 0 Å². The SMILES string of the molecule is COC(=O)C1(CCCN(C)C)OC(C)(C)c2ccccc21. The van der Waals surface area contributed by atoms with Crippen molar-refractivity contribution in [3.05, 3.63) is 35.4 Å². The Labute approximate surface area is 127 Å². The lowest BCUT2D eigenvalue weighted by molar-refractivity contribution is -0.188. The van der Waals surface area contributed by atoms with Crippen molar-refractivity contribution < 1.29 is 14.3 Å². The molecule has 1 atom stereocenters.